The molecule has 0 amide bonds. The third-order valence-corrected chi connectivity index (χ3v) is 5.33. The van der Waals surface area contributed by atoms with Crippen molar-refractivity contribution in [2.45, 2.75) is 45.8 Å². The summed E-state index contributed by atoms with van der Waals surface area (Å²) >= 11 is 0. The van der Waals surface area contributed by atoms with Gasteiger partial charge in [0.2, 0.25) is 0 Å². The number of rotatable bonds is 4. The van der Waals surface area contributed by atoms with E-state index in [0.29, 0.717) is 19.1 Å². The third kappa shape index (κ3) is 1.45. The predicted molar refractivity (Wildman–Crippen MR) is 62.2 cm³/mol. The van der Waals surface area contributed by atoms with E-state index in [4.69, 9.17) is 9.47 Å². The van der Waals surface area contributed by atoms with Gasteiger partial charge in [-0.05, 0) is 24.2 Å². The molecule has 0 unspecified atom stereocenters. The smallest absolute Gasteiger partial charge is 0.0874 e. The van der Waals surface area contributed by atoms with Crippen LogP contribution in [0.5, 0.6) is 0 Å². The average molecular weight is 228 g/mol. The molecule has 2 rings (SSSR count). The maximum atomic E-state index is 10.4. The molecule has 2 saturated carbocycles. The van der Waals surface area contributed by atoms with Gasteiger partial charge in [0.25, 0.3) is 0 Å². The van der Waals surface area contributed by atoms with Gasteiger partial charge < -0.3 is 14.6 Å². The summed E-state index contributed by atoms with van der Waals surface area (Å²) in [6.45, 7) is 7.94. The van der Waals surface area contributed by atoms with E-state index in [1.165, 1.54) is 6.42 Å². The van der Waals surface area contributed by atoms with Crippen LogP contribution in [0.25, 0.3) is 0 Å². The van der Waals surface area contributed by atoms with Crippen LogP contribution < -0.4 is 0 Å². The summed E-state index contributed by atoms with van der Waals surface area (Å²) in [4.78, 5) is 0. The first kappa shape index (κ1) is 12.3. The number of hydrogen-bond donors (Lipinski definition) is 1. The third-order valence-electron chi connectivity index (χ3n) is 5.33. The molecule has 2 aliphatic carbocycles. The van der Waals surface area contributed by atoms with Gasteiger partial charge in [0, 0.05) is 12.5 Å². The highest BCUT2D eigenvalue weighted by molar-refractivity contribution is 5.15. The molecule has 0 aromatic heterocycles. The van der Waals surface area contributed by atoms with Gasteiger partial charge in [0.15, 0.2) is 0 Å². The van der Waals surface area contributed by atoms with E-state index >= 15 is 0 Å². The molecule has 0 spiro atoms. The zero-order valence-corrected chi connectivity index (χ0v) is 10.8. The van der Waals surface area contributed by atoms with Gasteiger partial charge in [-0.15, -0.1) is 0 Å². The molecule has 0 aliphatic heterocycles. The number of hydrogen-bond acceptors (Lipinski definition) is 3. The first-order chi connectivity index (χ1) is 7.45. The van der Waals surface area contributed by atoms with Crippen molar-refractivity contribution in [1.82, 2.24) is 0 Å². The van der Waals surface area contributed by atoms with Gasteiger partial charge in [-0.3, -0.25) is 0 Å². The molecule has 4 atom stereocenters. The highest BCUT2D eigenvalue weighted by Crippen LogP contribution is 2.65. The van der Waals surface area contributed by atoms with Gasteiger partial charge in [0.05, 0.1) is 25.4 Å². The molecule has 0 radical (unpaired) electrons. The van der Waals surface area contributed by atoms with Crippen LogP contribution in [0.15, 0.2) is 0 Å². The Bertz CT molecular complexity index is 264. The molecule has 2 fully saturated rings. The van der Waals surface area contributed by atoms with Crippen LogP contribution >= 0.6 is 0 Å². The van der Waals surface area contributed by atoms with Crippen molar-refractivity contribution in [3.63, 3.8) is 0 Å². The predicted octanol–water partition coefficient (Wildman–Crippen LogP) is 1.83. The Morgan fingerprint density at radius 3 is 2.44 bits per heavy atom. The molecule has 3 heteroatoms. The van der Waals surface area contributed by atoms with E-state index in [0.717, 1.165) is 6.42 Å². The lowest BCUT2D eigenvalue weighted by Gasteiger charge is -2.36. The Hall–Kier alpha value is -0.120. The second kappa shape index (κ2) is 3.97. The zero-order valence-electron chi connectivity index (χ0n) is 10.8. The van der Waals surface area contributed by atoms with Crippen molar-refractivity contribution in [1.29, 1.82) is 0 Å². The highest BCUT2D eigenvalue weighted by Gasteiger charge is 2.66. The van der Waals surface area contributed by atoms with Crippen LogP contribution in [0.2, 0.25) is 0 Å². The molecule has 2 bridgehead atoms. The topological polar surface area (TPSA) is 38.7 Å². The summed E-state index contributed by atoms with van der Waals surface area (Å²) < 4.78 is 10.8. The fourth-order valence-corrected chi connectivity index (χ4v) is 3.72. The SMILES string of the molecule is COCCO[C@@H]1[C@H]2CC[C@@](C)([C@@H]1O)C2(C)C. The maximum absolute atomic E-state index is 10.4. The number of aliphatic hydroxyl groups is 1. The Labute approximate surface area is 98.1 Å². The Kier molecular flexibility index (Phi) is 3.06. The van der Waals surface area contributed by atoms with Crippen LogP contribution in [0.4, 0.5) is 0 Å². The summed E-state index contributed by atoms with van der Waals surface area (Å²) in [5, 5.41) is 10.4. The van der Waals surface area contributed by atoms with Gasteiger partial charge >= 0.3 is 0 Å². The van der Waals surface area contributed by atoms with E-state index < -0.39 is 0 Å². The van der Waals surface area contributed by atoms with Crippen molar-refractivity contribution in [2.24, 2.45) is 16.7 Å². The highest BCUT2D eigenvalue weighted by atomic mass is 16.5. The minimum atomic E-state index is -0.321. The fraction of sp³-hybridized carbons (Fsp3) is 1.00. The largest absolute Gasteiger partial charge is 0.390 e. The van der Waals surface area contributed by atoms with E-state index in [1.54, 1.807) is 7.11 Å². The number of methoxy groups -OCH3 is 1. The Balaban J connectivity index is 2.07. The molecular weight excluding hydrogens is 204 g/mol. The molecular formula is C13H24O3. The second-order valence-corrected chi connectivity index (χ2v) is 6.06. The zero-order chi connectivity index (χ0) is 12.0. The van der Waals surface area contributed by atoms with Gasteiger partial charge in [0.1, 0.15) is 0 Å². The summed E-state index contributed by atoms with van der Waals surface area (Å²) in [7, 11) is 1.67. The second-order valence-electron chi connectivity index (χ2n) is 6.06. The van der Waals surface area contributed by atoms with Gasteiger partial charge in [-0.25, -0.2) is 0 Å². The van der Waals surface area contributed by atoms with Crippen LogP contribution in [0.1, 0.15) is 33.6 Å². The van der Waals surface area contributed by atoms with E-state index in [-0.39, 0.29) is 23.0 Å². The molecule has 94 valence electrons. The minimum Gasteiger partial charge on any atom is -0.390 e. The molecule has 16 heavy (non-hydrogen) atoms. The standard InChI is InChI=1S/C13H24O3/c1-12(2)9-5-6-13(12,3)11(14)10(9)16-8-7-15-4/h9-11,14H,5-8H2,1-4H3/t9-,10-,11-,13+/m1/s1. The van der Waals surface area contributed by atoms with E-state index in [9.17, 15) is 5.11 Å². The van der Waals surface area contributed by atoms with Crippen molar-refractivity contribution in [2.75, 3.05) is 20.3 Å². The number of aliphatic hydroxyl groups excluding tert-OH is 1. The monoisotopic (exact) mass is 228 g/mol. The quantitative estimate of drug-likeness (QED) is 0.746. The lowest BCUT2D eigenvalue weighted by Crippen LogP contribution is -2.41. The van der Waals surface area contributed by atoms with Crippen molar-refractivity contribution in [3.05, 3.63) is 0 Å². The minimum absolute atomic E-state index is 0.00361. The molecule has 0 heterocycles. The van der Waals surface area contributed by atoms with Crippen molar-refractivity contribution >= 4 is 0 Å². The normalized spacial score (nSPS) is 45.2. The molecule has 2 aliphatic rings. The lowest BCUT2D eigenvalue weighted by atomic mass is 9.70. The number of fused-ring (bicyclic) bond motifs is 2. The Morgan fingerprint density at radius 1 is 1.25 bits per heavy atom. The van der Waals surface area contributed by atoms with Crippen LogP contribution in [-0.2, 0) is 9.47 Å². The number of ether oxygens (including phenoxy) is 2. The first-order valence-corrected chi connectivity index (χ1v) is 6.24. The van der Waals surface area contributed by atoms with Crippen LogP contribution in [0.3, 0.4) is 0 Å². The molecule has 3 nitrogen and oxygen atoms in total. The lowest BCUT2D eigenvalue weighted by molar-refractivity contribution is -0.0938. The molecule has 1 N–H and O–H groups in total. The first-order valence-electron chi connectivity index (χ1n) is 6.24. The summed E-state index contributed by atoms with van der Waals surface area (Å²) in [6.07, 6.45) is 1.98. The van der Waals surface area contributed by atoms with E-state index in [1.807, 2.05) is 0 Å². The van der Waals surface area contributed by atoms with Crippen molar-refractivity contribution in [3.8, 4) is 0 Å². The van der Waals surface area contributed by atoms with E-state index in [2.05, 4.69) is 20.8 Å². The van der Waals surface area contributed by atoms with Gasteiger partial charge in [-0.1, -0.05) is 20.8 Å². The Morgan fingerprint density at radius 2 is 1.94 bits per heavy atom. The summed E-state index contributed by atoms with van der Waals surface area (Å²) in [5.41, 5.74) is 0.208. The molecule has 0 aromatic rings. The summed E-state index contributed by atoms with van der Waals surface area (Å²) in [5.74, 6) is 0.490. The van der Waals surface area contributed by atoms with Gasteiger partial charge in [-0.2, -0.15) is 0 Å². The van der Waals surface area contributed by atoms with Crippen molar-refractivity contribution < 1.29 is 14.6 Å². The fourth-order valence-electron chi connectivity index (χ4n) is 3.72. The van der Waals surface area contributed by atoms with Crippen LogP contribution in [0, 0.1) is 16.7 Å². The van der Waals surface area contributed by atoms with Crippen LogP contribution in [-0.4, -0.2) is 37.6 Å². The summed E-state index contributed by atoms with van der Waals surface area (Å²) in [6, 6.07) is 0. The maximum Gasteiger partial charge on any atom is 0.0874 e. The average Bonchev–Trinajstić information content (AvgIpc) is 2.53. The molecule has 0 aromatic carbocycles. The molecule has 0 saturated heterocycles.